The molecule has 0 bridgehead atoms. The fourth-order valence-corrected chi connectivity index (χ4v) is 1.56. The van der Waals surface area contributed by atoms with E-state index in [0.717, 1.165) is 12.8 Å². The summed E-state index contributed by atoms with van der Waals surface area (Å²) in [5.41, 5.74) is 11.3. The first-order valence-corrected chi connectivity index (χ1v) is 4.48. The molecule has 4 nitrogen and oxygen atoms in total. The quantitative estimate of drug-likeness (QED) is 0.550. The number of rotatable bonds is 2. The Morgan fingerprint density at radius 2 is 2.00 bits per heavy atom. The molecule has 0 aromatic heterocycles. The molecular weight excluding hydrogens is 154 g/mol. The lowest BCUT2D eigenvalue weighted by atomic mass is 10.1. The third kappa shape index (κ3) is 1.32. The Balaban J connectivity index is 1.83. The highest BCUT2D eigenvalue weighted by molar-refractivity contribution is 5.83. The molecule has 12 heavy (non-hydrogen) atoms. The van der Waals surface area contributed by atoms with Crippen LogP contribution >= 0.6 is 0 Å². The van der Waals surface area contributed by atoms with Crippen LogP contribution in [0.5, 0.6) is 0 Å². The van der Waals surface area contributed by atoms with Gasteiger partial charge in [-0.05, 0) is 18.8 Å². The lowest BCUT2D eigenvalue weighted by molar-refractivity contribution is -0.137. The van der Waals surface area contributed by atoms with Gasteiger partial charge in [-0.3, -0.25) is 4.79 Å². The molecule has 0 unspecified atom stereocenters. The summed E-state index contributed by atoms with van der Waals surface area (Å²) in [7, 11) is 0. The lowest BCUT2D eigenvalue weighted by Gasteiger charge is -2.38. The first-order chi connectivity index (χ1) is 5.68. The average Bonchev–Trinajstić information content (AvgIpc) is 2.78. The Kier molecular flexibility index (Phi) is 1.81. The zero-order valence-electron chi connectivity index (χ0n) is 7.07. The summed E-state index contributed by atoms with van der Waals surface area (Å²) in [4.78, 5) is 13.3. The van der Waals surface area contributed by atoms with Gasteiger partial charge in [0.05, 0.1) is 6.04 Å². The maximum Gasteiger partial charge on any atom is 0.239 e. The summed E-state index contributed by atoms with van der Waals surface area (Å²) in [6.45, 7) is 1.39. The monoisotopic (exact) mass is 169 g/mol. The Morgan fingerprint density at radius 3 is 2.42 bits per heavy atom. The molecule has 4 N–H and O–H groups in total. The summed E-state index contributed by atoms with van der Waals surface area (Å²) in [5.74, 6) is 0.550. The van der Waals surface area contributed by atoms with Gasteiger partial charge in [0.1, 0.15) is 0 Å². The Labute approximate surface area is 71.9 Å². The second kappa shape index (κ2) is 2.71. The summed E-state index contributed by atoms with van der Waals surface area (Å²) in [6.07, 6.45) is 2.24. The number of hydrogen-bond donors (Lipinski definition) is 2. The van der Waals surface area contributed by atoms with Crippen molar-refractivity contribution in [2.45, 2.75) is 24.9 Å². The molecule has 2 aliphatic rings. The third-order valence-electron chi connectivity index (χ3n) is 2.64. The van der Waals surface area contributed by atoms with Gasteiger partial charge in [0.15, 0.2) is 0 Å². The number of carbonyl (C=O) groups excluding carboxylic acids is 1. The van der Waals surface area contributed by atoms with Crippen molar-refractivity contribution in [3.05, 3.63) is 0 Å². The normalized spacial score (nSPS) is 26.7. The SMILES string of the molecule is NC1CN(C(=O)[C@H](N)C2CC2)C1. The molecule has 4 heteroatoms. The van der Waals surface area contributed by atoms with Crippen molar-refractivity contribution in [3.63, 3.8) is 0 Å². The van der Waals surface area contributed by atoms with Crippen molar-refractivity contribution >= 4 is 5.91 Å². The minimum Gasteiger partial charge on any atom is -0.338 e. The topological polar surface area (TPSA) is 72.3 Å². The number of carbonyl (C=O) groups is 1. The van der Waals surface area contributed by atoms with Gasteiger partial charge in [0.2, 0.25) is 5.91 Å². The maximum atomic E-state index is 11.5. The lowest BCUT2D eigenvalue weighted by Crippen LogP contribution is -2.61. The molecule has 1 aliphatic carbocycles. The van der Waals surface area contributed by atoms with Crippen molar-refractivity contribution in [1.29, 1.82) is 0 Å². The van der Waals surface area contributed by atoms with Gasteiger partial charge < -0.3 is 16.4 Å². The zero-order valence-corrected chi connectivity index (χ0v) is 7.07. The van der Waals surface area contributed by atoms with Crippen LogP contribution < -0.4 is 11.5 Å². The molecule has 1 amide bonds. The van der Waals surface area contributed by atoms with E-state index in [1.165, 1.54) is 0 Å². The molecule has 1 aliphatic heterocycles. The second-order valence-corrected chi connectivity index (χ2v) is 3.87. The van der Waals surface area contributed by atoms with Gasteiger partial charge in [-0.2, -0.15) is 0 Å². The Morgan fingerprint density at radius 1 is 1.42 bits per heavy atom. The molecule has 0 radical (unpaired) electrons. The smallest absolute Gasteiger partial charge is 0.239 e. The van der Waals surface area contributed by atoms with Crippen LogP contribution in [0.4, 0.5) is 0 Å². The van der Waals surface area contributed by atoms with Gasteiger partial charge in [-0.15, -0.1) is 0 Å². The first kappa shape index (κ1) is 8.01. The van der Waals surface area contributed by atoms with E-state index in [2.05, 4.69) is 0 Å². The van der Waals surface area contributed by atoms with E-state index in [4.69, 9.17) is 11.5 Å². The van der Waals surface area contributed by atoms with Crippen LogP contribution in [0.15, 0.2) is 0 Å². The summed E-state index contributed by atoms with van der Waals surface area (Å²) < 4.78 is 0. The van der Waals surface area contributed by atoms with Crippen molar-refractivity contribution in [3.8, 4) is 0 Å². The molecule has 0 spiro atoms. The highest BCUT2D eigenvalue weighted by atomic mass is 16.2. The van der Waals surface area contributed by atoms with Crippen LogP contribution in [-0.2, 0) is 4.79 Å². The Bertz CT molecular complexity index is 196. The van der Waals surface area contributed by atoms with Crippen LogP contribution in [0, 0.1) is 5.92 Å². The second-order valence-electron chi connectivity index (χ2n) is 3.87. The summed E-state index contributed by atoms with van der Waals surface area (Å²) in [6, 6.07) is -0.0714. The van der Waals surface area contributed by atoms with E-state index in [1.807, 2.05) is 0 Å². The van der Waals surface area contributed by atoms with Crippen molar-refractivity contribution < 1.29 is 4.79 Å². The molecule has 0 aromatic carbocycles. The molecular formula is C8H15N3O. The van der Waals surface area contributed by atoms with Gasteiger partial charge in [-0.1, -0.05) is 0 Å². The van der Waals surface area contributed by atoms with E-state index < -0.39 is 0 Å². The summed E-state index contributed by atoms with van der Waals surface area (Å²) in [5, 5.41) is 0. The molecule has 1 heterocycles. The minimum absolute atomic E-state index is 0.0965. The van der Waals surface area contributed by atoms with Gasteiger partial charge in [0, 0.05) is 19.1 Å². The standard InChI is InChI=1S/C8H15N3O/c9-6-3-11(4-6)8(12)7(10)5-1-2-5/h5-7H,1-4,9-10H2/t7-/m1/s1. The molecule has 2 rings (SSSR count). The fraction of sp³-hybridized carbons (Fsp3) is 0.875. The number of amides is 1. The Hall–Kier alpha value is -0.610. The van der Waals surface area contributed by atoms with Crippen LogP contribution in [0.1, 0.15) is 12.8 Å². The van der Waals surface area contributed by atoms with Gasteiger partial charge >= 0.3 is 0 Å². The van der Waals surface area contributed by atoms with Crippen LogP contribution in [0.3, 0.4) is 0 Å². The third-order valence-corrected chi connectivity index (χ3v) is 2.64. The predicted molar refractivity (Wildman–Crippen MR) is 45.3 cm³/mol. The number of hydrogen-bond acceptors (Lipinski definition) is 3. The van der Waals surface area contributed by atoms with Crippen molar-refractivity contribution in [1.82, 2.24) is 4.90 Å². The van der Waals surface area contributed by atoms with Crippen LogP contribution in [0.2, 0.25) is 0 Å². The minimum atomic E-state index is -0.252. The zero-order chi connectivity index (χ0) is 8.72. The van der Waals surface area contributed by atoms with E-state index >= 15 is 0 Å². The number of nitrogens with zero attached hydrogens (tertiary/aromatic N) is 1. The highest BCUT2D eigenvalue weighted by Gasteiger charge is 2.38. The number of nitrogens with two attached hydrogens (primary N) is 2. The van der Waals surface area contributed by atoms with Crippen LogP contribution in [0.25, 0.3) is 0 Å². The molecule has 1 saturated carbocycles. The van der Waals surface area contributed by atoms with Gasteiger partial charge in [-0.25, -0.2) is 0 Å². The van der Waals surface area contributed by atoms with Gasteiger partial charge in [0.25, 0.3) is 0 Å². The van der Waals surface area contributed by atoms with E-state index in [1.54, 1.807) is 4.90 Å². The molecule has 2 fully saturated rings. The largest absolute Gasteiger partial charge is 0.338 e. The van der Waals surface area contributed by atoms with E-state index in [9.17, 15) is 4.79 Å². The van der Waals surface area contributed by atoms with Crippen LogP contribution in [-0.4, -0.2) is 36.0 Å². The highest BCUT2D eigenvalue weighted by Crippen LogP contribution is 2.32. The maximum absolute atomic E-state index is 11.5. The fourth-order valence-electron chi connectivity index (χ4n) is 1.56. The molecule has 1 saturated heterocycles. The first-order valence-electron chi connectivity index (χ1n) is 4.48. The van der Waals surface area contributed by atoms with E-state index in [-0.39, 0.29) is 18.0 Å². The molecule has 1 atom stereocenters. The average molecular weight is 169 g/mol. The van der Waals surface area contributed by atoms with E-state index in [0.29, 0.717) is 19.0 Å². The number of likely N-dealkylation sites (tertiary alicyclic amines) is 1. The van der Waals surface area contributed by atoms with Crippen molar-refractivity contribution in [2.75, 3.05) is 13.1 Å². The summed E-state index contributed by atoms with van der Waals surface area (Å²) >= 11 is 0. The van der Waals surface area contributed by atoms with Crippen molar-refractivity contribution in [2.24, 2.45) is 17.4 Å². The molecule has 0 aromatic rings. The predicted octanol–water partition coefficient (Wildman–Crippen LogP) is -1.11. The molecule has 68 valence electrons.